The molecule has 134 valence electrons. The van der Waals surface area contributed by atoms with Gasteiger partial charge in [0, 0.05) is 23.8 Å². The maximum absolute atomic E-state index is 4.62. The van der Waals surface area contributed by atoms with Gasteiger partial charge in [0.05, 0.1) is 24.5 Å². The number of imidazole rings is 1. The minimum atomic E-state index is 0. The summed E-state index contributed by atoms with van der Waals surface area (Å²) in [5.74, 6) is 0.745. The highest BCUT2D eigenvalue weighted by atomic mass is 127. The van der Waals surface area contributed by atoms with Gasteiger partial charge < -0.3 is 15.0 Å². The SMILES string of the molecule is CN=C(NCc1cn2c(C)cccc2n1)NCc1nc(C)c(C)s1.I. The summed E-state index contributed by atoms with van der Waals surface area (Å²) in [5.41, 5.74) is 4.21. The van der Waals surface area contributed by atoms with Crippen LogP contribution in [0, 0.1) is 20.8 Å². The van der Waals surface area contributed by atoms with Crippen molar-refractivity contribution in [2.75, 3.05) is 7.05 Å². The summed E-state index contributed by atoms with van der Waals surface area (Å²) in [6.07, 6.45) is 2.05. The van der Waals surface area contributed by atoms with Crippen molar-refractivity contribution in [1.29, 1.82) is 0 Å². The first-order chi connectivity index (χ1) is 11.6. The average Bonchev–Trinajstić information content (AvgIpc) is 3.12. The highest BCUT2D eigenvalue weighted by Gasteiger charge is 2.06. The first kappa shape index (κ1) is 19.6. The Morgan fingerprint density at radius 3 is 2.56 bits per heavy atom. The summed E-state index contributed by atoms with van der Waals surface area (Å²) >= 11 is 1.71. The number of fused-ring (bicyclic) bond motifs is 1. The van der Waals surface area contributed by atoms with E-state index in [0.29, 0.717) is 13.1 Å². The van der Waals surface area contributed by atoms with Gasteiger partial charge in [-0.15, -0.1) is 35.3 Å². The summed E-state index contributed by atoms with van der Waals surface area (Å²) in [6, 6.07) is 6.11. The van der Waals surface area contributed by atoms with Crippen molar-refractivity contribution >= 4 is 46.9 Å². The Labute approximate surface area is 168 Å². The summed E-state index contributed by atoms with van der Waals surface area (Å²) < 4.78 is 2.09. The lowest BCUT2D eigenvalue weighted by Gasteiger charge is -2.09. The highest BCUT2D eigenvalue weighted by molar-refractivity contribution is 14.0. The van der Waals surface area contributed by atoms with Crippen LogP contribution in [0.2, 0.25) is 0 Å². The fourth-order valence-electron chi connectivity index (χ4n) is 2.45. The third-order valence-electron chi connectivity index (χ3n) is 3.89. The molecule has 0 aliphatic carbocycles. The Hall–Kier alpha value is -1.68. The molecular weight excluding hydrogens is 447 g/mol. The maximum atomic E-state index is 4.62. The van der Waals surface area contributed by atoms with Crippen LogP contribution in [0.15, 0.2) is 29.4 Å². The lowest BCUT2D eigenvalue weighted by molar-refractivity contribution is 0.793. The number of guanidine groups is 1. The molecule has 0 amide bonds. The second kappa shape index (κ2) is 8.61. The average molecular weight is 470 g/mol. The van der Waals surface area contributed by atoms with Gasteiger partial charge in [0.1, 0.15) is 10.7 Å². The van der Waals surface area contributed by atoms with Crippen LogP contribution in [0.25, 0.3) is 5.65 Å². The van der Waals surface area contributed by atoms with Gasteiger partial charge in [-0.3, -0.25) is 4.99 Å². The van der Waals surface area contributed by atoms with Gasteiger partial charge in [0.25, 0.3) is 0 Å². The Bertz CT molecular complexity index is 863. The Morgan fingerprint density at radius 1 is 1.16 bits per heavy atom. The molecule has 3 heterocycles. The number of rotatable bonds is 4. The number of aromatic nitrogens is 3. The molecule has 0 aliphatic heterocycles. The third kappa shape index (κ3) is 4.69. The van der Waals surface area contributed by atoms with E-state index in [9.17, 15) is 0 Å². The number of aryl methyl sites for hydroxylation is 3. The van der Waals surface area contributed by atoms with Gasteiger partial charge >= 0.3 is 0 Å². The van der Waals surface area contributed by atoms with Crippen LogP contribution in [-0.2, 0) is 13.1 Å². The summed E-state index contributed by atoms with van der Waals surface area (Å²) in [5, 5.41) is 7.66. The quantitative estimate of drug-likeness (QED) is 0.349. The van der Waals surface area contributed by atoms with Crippen LogP contribution in [0.4, 0.5) is 0 Å². The summed E-state index contributed by atoms with van der Waals surface area (Å²) in [6.45, 7) is 7.49. The molecular formula is C17H23IN6S. The predicted octanol–water partition coefficient (Wildman–Crippen LogP) is 3.20. The molecule has 0 atom stereocenters. The maximum Gasteiger partial charge on any atom is 0.191 e. The van der Waals surface area contributed by atoms with E-state index in [-0.39, 0.29) is 24.0 Å². The van der Waals surface area contributed by atoms with E-state index in [1.54, 1.807) is 18.4 Å². The molecule has 0 aromatic carbocycles. The monoisotopic (exact) mass is 470 g/mol. The number of halogens is 1. The lowest BCUT2D eigenvalue weighted by Crippen LogP contribution is -2.36. The molecule has 0 saturated carbocycles. The van der Waals surface area contributed by atoms with Crippen molar-refractivity contribution in [3.05, 3.63) is 51.4 Å². The standard InChI is InChI=1S/C17H22N6S.HI/c1-11-6-5-7-15-22-14(10-23(11)15)8-19-17(18-4)20-9-16-21-12(2)13(3)24-16;/h5-7,10H,8-9H2,1-4H3,(H2,18,19,20);1H. The van der Waals surface area contributed by atoms with Gasteiger partial charge in [-0.05, 0) is 32.9 Å². The molecule has 25 heavy (non-hydrogen) atoms. The zero-order valence-corrected chi connectivity index (χ0v) is 18.0. The molecule has 0 saturated heterocycles. The molecule has 8 heteroatoms. The second-order valence-corrected chi connectivity index (χ2v) is 6.94. The fourth-order valence-corrected chi connectivity index (χ4v) is 3.33. The Balaban J connectivity index is 0.00000225. The molecule has 2 N–H and O–H groups in total. The van der Waals surface area contributed by atoms with Crippen molar-refractivity contribution in [3.8, 4) is 0 Å². The summed E-state index contributed by atoms with van der Waals surface area (Å²) in [4.78, 5) is 14.7. The van der Waals surface area contributed by atoms with E-state index in [2.05, 4.69) is 56.1 Å². The first-order valence-electron chi connectivity index (χ1n) is 7.88. The smallest absolute Gasteiger partial charge is 0.191 e. The van der Waals surface area contributed by atoms with Crippen LogP contribution in [0.5, 0.6) is 0 Å². The number of pyridine rings is 1. The zero-order chi connectivity index (χ0) is 17.1. The van der Waals surface area contributed by atoms with Crippen molar-refractivity contribution in [2.45, 2.75) is 33.9 Å². The number of aliphatic imine (C=N–C) groups is 1. The first-order valence-corrected chi connectivity index (χ1v) is 8.69. The normalized spacial score (nSPS) is 11.4. The van der Waals surface area contributed by atoms with Crippen molar-refractivity contribution in [3.63, 3.8) is 0 Å². The minimum absolute atomic E-state index is 0. The van der Waals surface area contributed by atoms with Crippen LogP contribution >= 0.6 is 35.3 Å². The molecule has 0 aliphatic rings. The Morgan fingerprint density at radius 2 is 1.92 bits per heavy atom. The van der Waals surface area contributed by atoms with E-state index in [0.717, 1.165) is 28.0 Å². The van der Waals surface area contributed by atoms with E-state index >= 15 is 0 Å². The molecule has 0 spiro atoms. The molecule has 0 radical (unpaired) electrons. The summed E-state index contributed by atoms with van der Waals surface area (Å²) in [7, 11) is 1.77. The highest BCUT2D eigenvalue weighted by Crippen LogP contribution is 2.15. The number of nitrogens with one attached hydrogen (secondary N) is 2. The van der Waals surface area contributed by atoms with Crippen molar-refractivity contribution < 1.29 is 0 Å². The number of nitrogens with zero attached hydrogens (tertiary/aromatic N) is 4. The molecule has 3 aromatic heterocycles. The van der Waals surface area contributed by atoms with Crippen molar-refractivity contribution in [1.82, 2.24) is 25.0 Å². The van der Waals surface area contributed by atoms with Gasteiger partial charge in [-0.1, -0.05) is 6.07 Å². The van der Waals surface area contributed by atoms with E-state index < -0.39 is 0 Å². The largest absolute Gasteiger partial charge is 0.351 e. The van der Waals surface area contributed by atoms with Gasteiger partial charge in [-0.2, -0.15) is 0 Å². The molecule has 3 aromatic rings. The van der Waals surface area contributed by atoms with Crippen molar-refractivity contribution in [2.24, 2.45) is 4.99 Å². The molecule has 0 unspecified atom stereocenters. The zero-order valence-electron chi connectivity index (χ0n) is 14.8. The van der Waals surface area contributed by atoms with Crippen LogP contribution < -0.4 is 10.6 Å². The van der Waals surface area contributed by atoms with Crippen LogP contribution in [0.3, 0.4) is 0 Å². The van der Waals surface area contributed by atoms with Crippen LogP contribution in [-0.4, -0.2) is 27.4 Å². The fraction of sp³-hybridized carbons (Fsp3) is 0.353. The molecule has 3 rings (SSSR count). The third-order valence-corrected chi connectivity index (χ3v) is 4.96. The van der Waals surface area contributed by atoms with Crippen LogP contribution in [0.1, 0.15) is 27.0 Å². The van der Waals surface area contributed by atoms with Gasteiger partial charge in [0.2, 0.25) is 0 Å². The van der Waals surface area contributed by atoms with E-state index in [1.165, 1.54) is 10.6 Å². The lowest BCUT2D eigenvalue weighted by atomic mass is 10.4. The number of hydrogen-bond donors (Lipinski definition) is 2. The number of thiazole rings is 1. The second-order valence-electron chi connectivity index (χ2n) is 5.66. The molecule has 0 fully saturated rings. The molecule has 6 nitrogen and oxygen atoms in total. The molecule has 0 bridgehead atoms. The number of hydrogen-bond acceptors (Lipinski definition) is 4. The Kier molecular flexibility index (Phi) is 6.77. The van der Waals surface area contributed by atoms with Gasteiger partial charge in [-0.25, -0.2) is 9.97 Å². The van der Waals surface area contributed by atoms with E-state index in [4.69, 9.17) is 0 Å². The predicted molar refractivity (Wildman–Crippen MR) is 114 cm³/mol. The topological polar surface area (TPSA) is 66.6 Å². The minimum Gasteiger partial charge on any atom is -0.351 e. The van der Waals surface area contributed by atoms with E-state index in [1.807, 2.05) is 19.1 Å². The van der Waals surface area contributed by atoms with Gasteiger partial charge in [0.15, 0.2) is 5.96 Å².